The minimum absolute atomic E-state index is 0.0488. The summed E-state index contributed by atoms with van der Waals surface area (Å²) in [6.07, 6.45) is 6.90. The lowest BCUT2D eigenvalue weighted by molar-refractivity contribution is -0.143. The van der Waals surface area contributed by atoms with Crippen LogP contribution in [0.15, 0.2) is 30.7 Å². The molecule has 0 bridgehead atoms. The van der Waals surface area contributed by atoms with Gasteiger partial charge in [-0.05, 0) is 37.5 Å². The summed E-state index contributed by atoms with van der Waals surface area (Å²) in [5.41, 5.74) is 1.23. The van der Waals surface area contributed by atoms with Gasteiger partial charge in [0.2, 0.25) is 0 Å². The van der Waals surface area contributed by atoms with Crippen LogP contribution in [0.5, 0.6) is 0 Å². The first kappa shape index (κ1) is 12.8. The summed E-state index contributed by atoms with van der Waals surface area (Å²) in [6, 6.07) is 3.94. The molecule has 0 amide bonds. The summed E-state index contributed by atoms with van der Waals surface area (Å²) >= 11 is 0. The molecule has 6 heteroatoms. The van der Waals surface area contributed by atoms with Gasteiger partial charge in [0.15, 0.2) is 0 Å². The molecule has 20 heavy (non-hydrogen) atoms. The smallest absolute Gasteiger partial charge is 0.318 e. The maximum atomic E-state index is 11.8. The van der Waals surface area contributed by atoms with E-state index in [0.29, 0.717) is 5.69 Å². The molecule has 1 saturated carbocycles. The van der Waals surface area contributed by atoms with Gasteiger partial charge < -0.3 is 4.74 Å². The number of esters is 1. The SMILES string of the molecule is COC(=O)C1(c2cn([C@H](C)c3ccncc3)nn2)CC1. The Morgan fingerprint density at radius 3 is 2.70 bits per heavy atom. The molecule has 1 aliphatic rings. The number of pyridine rings is 1. The number of hydrogen-bond donors (Lipinski definition) is 0. The Bertz CT molecular complexity index is 619. The monoisotopic (exact) mass is 272 g/mol. The molecule has 1 atom stereocenters. The van der Waals surface area contributed by atoms with Crippen molar-refractivity contribution in [1.82, 2.24) is 20.0 Å². The average molecular weight is 272 g/mol. The van der Waals surface area contributed by atoms with E-state index in [-0.39, 0.29) is 12.0 Å². The Morgan fingerprint density at radius 1 is 1.40 bits per heavy atom. The topological polar surface area (TPSA) is 69.9 Å². The van der Waals surface area contributed by atoms with Crippen LogP contribution in [0, 0.1) is 0 Å². The van der Waals surface area contributed by atoms with Gasteiger partial charge in [0.1, 0.15) is 11.1 Å². The zero-order chi connectivity index (χ0) is 14.2. The van der Waals surface area contributed by atoms with Crippen molar-refractivity contribution in [3.05, 3.63) is 42.0 Å². The molecule has 0 radical (unpaired) electrons. The van der Waals surface area contributed by atoms with E-state index in [2.05, 4.69) is 15.3 Å². The number of carbonyl (C=O) groups is 1. The molecule has 0 aromatic carbocycles. The molecule has 0 unspecified atom stereocenters. The van der Waals surface area contributed by atoms with Gasteiger partial charge in [-0.15, -0.1) is 5.10 Å². The van der Waals surface area contributed by atoms with Crippen LogP contribution in [-0.2, 0) is 14.9 Å². The van der Waals surface area contributed by atoms with Crippen molar-refractivity contribution < 1.29 is 9.53 Å². The second-order valence-electron chi connectivity index (χ2n) is 5.11. The van der Waals surface area contributed by atoms with Crippen LogP contribution >= 0.6 is 0 Å². The molecule has 6 nitrogen and oxygen atoms in total. The van der Waals surface area contributed by atoms with Crippen molar-refractivity contribution in [2.45, 2.75) is 31.2 Å². The van der Waals surface area contributed by atoms with Crippen LogP contribution in [0.1, 0.15) is 37.1 Å². The van der Waals surface area contributed by atoms with E-state index in [1.807, 2.05) is 25.3 Å². The fourth-order valence-corrected chi connectivity index (χ4v) is 2.37. The van der Waals surface area contributed by atoms with Crippen LogP contribution < -0.4 is 0 Å². The van der Waals surface area contributed by atoms with E-state index in [9.17, 15) is 4.79 Å². The van der Waals surface area contributed by atoms with Crippen LogP contribution in [0.2, 0.25) is 0 Å². The average Bonchev–Trinajstić information content (AvgIpc) is 3.17. The van der Waals surface area contributed by atoms with E-state index < -0.39 is 5.41 Å². The lowest BCUT2D eigenvalue weighted by Crippen LogP contribution is -2.22. The number of carbonyl (C=O) groups excluding carboxylic acids is 1. The summed E-state index contributed by atoms with van der Waals surface area (Å²) in [7, 11) is 1.41. The van der Waals surface area contributed by atoms with Crippen molar-refractivity contribution in [3.63, 3.8) is 0 Å². The highest BCUT2D eigenvalue weighted by Crippen LogP contribution is 2.48. The van der Waals surface area contributed by atoms with E-state index in [0.717, 1.165) is 18.4 Å². The third-order valence-electron chi connectivity index (χ3n) is 3.91. The largest absolute Gasteiger partial charge is 0.468 e. The molecule has 2 heterocycles. The second kappa shape index (κ2) is 4.70. The molecular formula is C14H16N4O2. The zero-order valence-electron chi connectivity index (χ0n) is 11.5. The summed E-state index contributed by atoms with van der Waals surface area (Å²) in [5, 5.41) is 8.32. The molecule has 0 spiro atoms. The third-order valence-corrected chi connectivity index (χ3v) is 3.91. The normalized spacial score (nSPS) is 17.5. The highest BCUT2D eigenvalue weighted by Gasteiger charge is 2.55. The third kappa shape index (κ3) is 1.97. The van der Waals surface area contributed by atoms with E-state index in [1.54, 1.807) is 17.1 Å². The molecule has 0 N–H and O–H groups in total. The van der Waals surface area contributed by atoms with E-state index in [1.165, 1.54) is 7.11 Å². The lowest BCUT2D eigenvalue weighted by Gasteiger charge is -2.11. The molecule has 104 valence electrons. The van der Waals surface area contributed by atoms with Crippen LogP contribution in [0.4, 0.5) is 0 Å². The minimum Gasteiger partial charge on any atom is -0.468 e. The summed E-state index contributed by atoms with van der Waals surface area (Å²) in [5.74, 6) is -0.221. The van der Waals surface area contributed by atoms with Gasteiger partial charge in [-0.1, -0.05) is 5.21 Å². The maximum Gasteiger partial charge on any atom is 0.318 e. The van der Waals surface area contributed by atoms with Gasteiger partial charge >= 0.3 is 5.97 Å². The highest BCUT2D eigenvalue weighted by molar-refractivity contribution is 5.85. The minimum atomic E-state index is -0.565. The first-order chi connectivity index (χ1) is 9.67. The van der Waals surface area contributed by atoms with E-state index >= 15 is 0 Å². The molecule has 1 fully saturated rings. The molecule has 2 aromatic rings. The van der Waals surface area contributed by atoms with Gasteiger partial charge in [-0.2, -0.15) is 0 Å². The van der Waals surface area contributed by atoms with Crippen LogP contribution in [-0.4, -0.2) is 33.1 Å². The van der Waals surface area contributed by atoms with Crippen LogP contribution in [0.3, 0.4) is 0 Å². The van der Waals surface area contributed by atoms with Gasteiger partial charge in [-0.3, -0.25) is 9.78 Å². The fourth-order valence-electron chi connectivity index (χ4n) is 2.37. The molecule has 3 rings (SSSR count). The van der Waals surface area contributed by atoms with Crippen molar-refractivity contribution in [2.24, 2.45) is 0 Å². The molecule has 0 aliphatic heterocycles. The Balaban J connectivity index is 1.86. The summed E-state index contributed by atoms with van der Waals surface area (Å²) in [6.45, 7) is 2.03. The van der Waals surface area contributed by atoms with E-state index in [4.69, 9.17) is 4.74 Å². The molecular weight excluding hydrogens is 256 g/mol. The zero-order valence-corrected chi connectivity index (χ0v) is 11.5. The summed E-state index contributed by atoms with van der Waals surface area (Å²) < 4.78 is 6.63. The first-order valence-corrected chi connectivity index (χ1v) is 6.58. The Kier molecular flexibility index (Phi) is 3.00. The van der Waals surface area contributed by atoms with Gasteiger partial charge in [-0.25, -0.2) is 4.68 Å². The summed E-state index contributed by atoms with van der Waals surface area (Å²) in [4.78, 5) is 15.8. The Hall–Kier alpha value is -2.24. The Morgan fingerprint density at radius 2 is 2.10 bits per heavy atom. The second-order valence-corrected chi connectivity index (χ2v) is 5.11. The van der Waals surface area contributed by atoms with Gasteiger partial charge in [0.05, 0.1) is 19.3 Å². The standard InChI is InChI=1S/C14H16N4O2/c1-10(11-3-7-15-8-4-11)18-9-12(16-17-18)14(5-6-14)13(19)20-2/h3-4,7-10H,5-6H2,1-2H3/t10-/m1/s1. The number of hydrogen-bond acceptors (Lipinski definition) is 5. The predicted octanol–water partition coefficient (Wildman–Crippen LogP) is 1.49. The molecule has 0 saturated heterocycles. The fraction of sp³-hybridized carbons (Fsp3) is 0.429. The quantitative estimate of drug-likeness (QED) is 0.789. The molecule has 2 aromatic heterocycles. The van der Waals surface area contributed by atoms with Gasteiger partial charge in [0.25, 0.3) is 0 Å². The number of rotatable bonds is 4. The lowest BCUT2D eigenvalue weighted by atomic mass is 10.0. The number of ether oxygens (including phenoxy) is 1. The maximum absolute atomic E-state index is 11.8. The number of nitrogens with zero attached hydrogens (tertiary/aromatic N) is 4. The predicted molar refractivity (Wildman–Crippen MR) is 71.0 cm³/mol. The highest BCUT2D eigenvalue weighted by atomic mass is 16.5. The first-order valence-electron chi connectivity index (χ1n) is 6.58. The Labute approximate surface area is 116 Å². The van der Waals surface area contributed by atoms with Gasteiger partial charge in [0, 0.05) is 12.4 Å². The number of aromatic nitrogens is 4. The van der Waals surface area contributed by atoms with Crippen molar-refractivity contribution >= 4 is 5.97 Å². The van der Waals surface area contributed by atoms with Crippen molar-refractivity contribution in [3.8, 4) is 0 Å². The van der Waals surface area contributed by atoms with Crippen molar-refractivity contribution in [2.75, 3.05) is 7.11 Å². The van der Waals surface area contributed by atoms with Crippen molar-refractivity contribution in [1.29, 1.82) is 0 Å². The molecule has 1 aliphatic carbocycles. The number of methoxy groups -OCH3 is 1. The van der Waals surface area contributed by atoms with Crippen LogP contribution in [0.25, 0.3) is 0 Å².